The molecule has 8 nitrogen and oxygen atoms in total. The molecule has 0 radical (unpaired) electrons. The highest BCUT2D eigenvalue weighted by Gasteiger charge is 2.36. The van der Waals surface area contributed by atoms with Crippen LogP contribution in [0.3, 0.4) is 0 Å². The maximum atomic E-state index is 12.9. The first-order valence-electron chi connectivity index (χ1n) is 11.4. The predicted molar refractivity (Wildman–Crippen MR) is 131 cm³/mol. The first kappa shape index (κ1) is 21.6. The molecule has 1 amide bonds. The van der Waals surface area contributed by atoms with Crippen LogP contribution in [0.25, 0.3) is 22.3 Å². The second kappa shape index (κ2) is 8.69. The van der Waals surface area contributed by atoms with Gasteiger partial charge in [0.1, 0.15) is 12.0 Å². The van der Waals surface area contributed by atoms with E-state index in [-0.39, 0.29) is 5.91 Å². The van der Waals surface area contributed by atoms with E-state index in [1.54, 1.807) is 24.5 Å². The Morgan fingerprint density at radius 3 is 2.56 bits per heavy atom. The van der Waals surface area contributed by atoms with Crippen molar-refractivity contribution in [2.24, 2.45) is 0 Å². The average molecular weight is 496 g/mol. The van der Waals surface area contributed by atoms with Crippen LogP contribution in [0.5, 0.6) is 0 Å². The molecule has 2 fully saturated rings. The number of piperidine rings is 1. The second-order valence-electron chi connectivity index (χ2n) is 8.96. The van der Waals surface area contributed by atoms with Crippen molar-refractivity contribution in [3.05, 3.63) is 64.8 Å². The summed E-state index contributed by atoms with van der Waals surface area (Å²) in [7, 11) is 0. The molecular formula is C24H23Cl2N7O. The number of fused-ring (bicyclic) bond motifs is 1. The highest BCUT2D eigenvalue weighted by molar-refractivity contribution is 6.35. The molecule has 6 rings (SSSR count). The number of benzene rings is 1. The number of amides is 1. The summed E-state index contributed by atoms with van der Waals surface area (Å²) in [5.74, 6) is -0.00495. The Labute approximate surface area is 206 Å². The third kappa shape index (κ3) is 3.96. The topological polar surface area (TPSA) is 82.9 Å². The van der Waals surface area contributed by atoms with Gasteiger partial charge < -0.3 is 9.88 Å². The van der Waals surface area contributed by atoms with Gasteiger partial charge in [0.2, 0.25) is 0 Å². The molecule has 10 heteroatoms. The summed E-state index contributed by atoms with van der Waals surface area (Å²) in [5, 5.41) is 6.58. The lowest BCUT2D eigenvalue weighted by molar-refractivity contribution is 0.0198. The monoisotopic (exact) mass is 495 g/mol. The first-order valence-corrected chi connectivity index (χ1v) is 12.1. The van der Waals surface area contributed by atoms with E-state index in [9.17, 15) is 4.79 Å². The van der Waals surface area contributed by atoms with E-state index in [0.29, 0.717) is 27.7 Å². The lowest BCUT2D eigenvalue weighted by Crippen LogP contribution is -2.56. The molecule has 174 valence electrons. The van der Waals surface area contributed by atoms with Crippen molar-refractivity contribution in [1.82, 2.24) is 34.5 Å². The smallest absolute Gasteiger partial charge is 0.253 e. The molecule has 34 heavy (non-hydrogen) atoms. The molecule has 1 N–H and O–H groups in total. The molecule has 0 spiro atoms. The van der Waals surface area contributed by atoms with Gasteiger partial charge in [0.05, 0.1) is 17.9 Å². The summed E-state index contributed by atoms with van der Waals surface area (Å²) in [6, 6.07) is 7.84. The molecular weight excluding hydrogens is 473 g/mol. The van der Waals surface area contributed by atoms with Crippen LogP contribution in [0.2, 0.25) is 10.0 Å². The minimum Gasteiger partial charge on any atom is -0.346 e. The SMILES string of the molecule is O=C(c1cc(Cl)cc(Cl)c1)N1CCC(N2CC(n3cc(-c4ncnc5[nH]ccc45)cn3)C2)CC1. The lowest BCUT2D eigenvalue weighted by Gasteiger charge is -2.47. The highest BCUT2D eigenvalue weighted by atomic mass is 35.5. The molecule has 0 bridgehead atoms. The Morgan fingerprint density at radius 1 is 1.03 bits per heavy atom. The average Bonchev–Trinajstić information content (AvgIpc) is 3.47. The predicted octanol–water partition coefficient (Wildman–Crippen LogP) is 4.29. The van der Waals surface area contributed by atoms with Crippen LogP contribution >= 0.6 is 23.2 Å². The molecule has 2 saturated heterocycles. The molecule has 0 unspecified atom stereocenters. The van der Waals surface area contributed by atoms with Crippen LogP contribution in [0, 0.1) is 0 Å². The number of likely N-dealkylation sites (tertiary alicyclic amines) is 2. The number of halogens is 2. The van der Waals surface area contributed by atoms with Gasteiger partial charge in [0, 0.05) is 71.2 Å². The standard InChI is InChI=1S/C24H23Cl2N7O/c25-17-7-15(8-18(26)9-17)24(34)31-5-2-19(3-6-31)32-12-20(13-32)33-11-16(10-30-33)22-21-1-4-27-23(21)29-14-28-22/h1,4,7-11,14,19-20H,2-3,5-6,12-13H2,(H,27,28,29). The van der Waals surface area contributed by atoms with Crippen molar-refractivity contribution in [2.75, 3.05) is 26.2 Å². The van der Waals surface area contributed by atoms with E-state index in [1.807, 2.05) is 28.0 Å². The van der Waals surface area contributed by atoms with Crippen molar-refractivity contribution in [1.29, 1.82) is 0 Å². The molecule has 4 aromatic rings. The molecule has 3 aromatic heterocycles. The molecule has 2 aliphatic rings. The van der Waals surface area contributed by atoms with Crippen LogP contribution in [0.15, 0.2) is 49.2 Å². The first-order chi connectivity index (χ1) is 16.5. The number of aromatic amines is 1. The fraction of sp³-hybridized carbons (Fsp3) is 0.333. The Bertz CT molecular complexity index is 1330. The quantitative estimate of drug-likeness (QED) is 0.456. The van der Waals surface area contributed by atoms with E-state index < -0.39 is 0 Å². The number of nitrogens with one attached hydrogen (secondary N) is 1. The van der Waals surface area contributed by atoms with Crippen LogP contribution in [0.1, 0.15) is 29.2 Å². The molecule has 0 saturated carbocycles. The van der Waals surface area contributed by atoms with E-state index in [0.717, 1.165) is 61.3 Å². The molecule has 1 aromatic carbocycles. The van der Waals surface area contributed by atoms with Crippen molar-refractivity contribution in [3.63, 3.8) is 0 Å². The van der Waals surface area contributed by atoms with Gasteiger partial charge in [0.15, 0.2) is 0 Å². The van der Waals surface area contributed by atoms with Gasteiger partial charge in [-0.15, -0.1) is 0 Å². The Balaban J connectivity index is 1.05. The molecule has 5 heterocycles. The summed E-state index contributed by atoms with van der Waals surface area (Å²) in [5.41, 5.74) is 3.27. The summed E-state index contributed by atoms with van der Waals surface area (Å²) >= 11 is 12.1. The van der Waals surface area contributed by atoms with E-state index in [2.05, 4.69) is 31.1 Å². The van der Waals surface area contributed by atoms with Crippen molar-refractivity contribution < 1.29 is 4.79 Å². The van der Waals surface area contributed by atoms with Gasteiger partial charge >= 0.3 is 0 Å². The number of aromatic nitrogens is 5. The number of hydrogen-bond acceptors (Lipinski definition) is 5. The van der Waals surface area contributed by atoms with Gasteiger partial charge in [-0.1, -0.05) is 23.2 Å². The minimum absolute atomic E-state index is 0.00495. The van der Waals surface area contributed by atoms with Crippen molar-refractivity contribution in [3.8, 4) is 11.3 Å². The lowest BCUT2D eigenvalue weighted by atomic mass is 9.97. The maximum absolute atomic E-state index is 12.9. The number of rotatable bonds is 4. The van der Waals surface area contributed by atoms with E-state index in [4.69, 9.17) is 23.2 Å². The fourth-order valence-electron chi connectivity index (χ4n) is 5.01. The van der Waals surface area contributed by atoms with E-state index in [1.165, 1.54) is 0 Å². The summed E-state index contributed by atoms with van der Waals surface area (Å²) in [6.45, 7) is 3.40. The van der Waals surface area contributed by atoms with Gasteiger partial charge in [-0.25, -0.2) is 9.97 Å². The van der Waals surface area contributed by atoms with Crippen LogP contribution < -0.4 is 0 Å². The number of hydrogen-bond donors (Lipinski definition) is 1. The zero-order chi connectivity index (χ0) is 23.2. The number of nitrogens with zero attached hydrogens (tertiary/aromatic N) is 6. The Morgan fingerprint density at radius 2 is 1.79 bits per heavy atom. The minimum atomic E-state index is -0.00495. The fourth-order valence-corrected chi connectivity index (χ4v) is 5.54. The Kier molecular flexibility index (Phi) is 5.51. The van der Waals surface area contributed by atoms with Gasteiger partial charge in [-0.3, -0.25) is 14.4 Å². The highest BCUT2D eigenvalue weighted by Crippen LogP contribution is 2.31. The van der Waals surface area contributed by atoms with Crippen LogP contribution in [-0.4, -0.2) is 72.7 Å². The normalized spacial score (nSPS) is 17.9. The summed E-state index contributed by atoms with van der Waals surface area (Å²) < 4.78 is 2.05. The van der Waals surface area contributed by atoms with Crippen molar-refractivity contribution >= 4 is 40.1 Å². The molecule has 0 aliphatic carbocycles. The second-order valence-corrected chi connectivity index (χ2v) is 9.83. The Hall–Kier alpha value is -2.94. The van der Waals surface area contributed by atoms with Crippen molar-refractivity contribution in [2.45, 2.75) is 24.9 Å². The van der Waals surface area contributed by atoms with Crippen LogP contribution in [-0.2, 0) is 0 Å². The summed E-state index contributed by atoms with van der Waals surface area (Å²) in [6.07, 6.45) is 9.33. The third-order valence-corrected chi connectivity index (χ3v) is 7.31. The maximum Gasteiger partial charge on any atom is 0.253 e. The summed E-state index contributed by atoms with van der Waals surface area (Å²) in [4.78, 5) is 29.1. The van der Waals surface area contributed by atoms with Gasteiger partial charge in [-0.05, 0) is 37.1 Å². The zero-order valence-electron chi connectivity index (χ0n) is 18.4. The van der Waals surface area contributed by atoms with Gasteiger partial charge in [-0.2, -0.15) is 5.10 Å². The number of carbonyl (C=O) groups is 1. The van der Waals surface area contributed by atoms with Crippen LogP contribution in [0.4, 0.5) is 0 Å². The number of carbonyl (C=O) groups excluding carboxylic acids is 1. The van der Waals surface area contributed by atoms with Gasteiger partial charge in [0.25, 0.3) is 5.91 Å². The molecule has 0 atom stereocenters. The zero-order valence-corrected chi connectivity index (χ0v) is 19.9. The molecule has 2 aliphatic heterocycles. The number of H-pyrrole nitrogens is 1. The largest absolute Gasteiger partial charge is 0.346 e. The third-order valence-electron chi connectivity index (χ3n) is 6.87. The van der Waals surface area contributed by atoms with E-state index >= 15 is 0 Å².